The topological polar surface area (TPSA) is 126 Å². The van der Waals surface area contributed by atoms with E-state index in [4.69, 9.17) is 19.3 Å². The Hall–Kier alpha value is -3.11. The van der Waals surface area contributed by atoms with E-state index in [-0.39, 0.29) is 5.88 Å². The summed E-state index contributed by atoms with van der Waals surface area (Å²) in [6.07, 6.45) is 1.48. The molecule has 0 saturated carbocycles. The van der Waals surface area contributed by atoms with Gasteiger partial charge in [-0.2, -0.15) is 8.42 Å². The van der Waals surface area contributed by atoms with Crippen molar-refractivity contribution < 1.29 is 22.6 Å². The summed E-state index contributed by atoms with van der Waals surface area (Å²) >= 11 is 0. The third-order valence-corrected chi connectivity index (χ3v) is 3.88. The molecule has 0 atom stereocenters. The highest BCUT2D eigenvalue weighted by Gasteiger charge is 2.10. The lowest BCUT2D eigenvalue weighted by Crippen LogP contribution is -2.21. The fraction of sp³-hybridized carbons (Fsp3) is 0.125. The Morgan fingerprint density at radius 1 is 1.00 bits per heavy atom. The van der Waals surface area contributed by atoms with Crippen molar-refractivity contribution in [1.29, 1.82) is 0 Å². The average Bonchev–Trinajstić information content (AvgIpc) is 2.61. The Morgan fingerprint density at radius 2 is 1.62 bits per heavy atom. The molecule has 1 heterocycles. The molecule has 3 aromatic rings. The fourth-order valence-corrected chi connectivity index (χ4v) is 2.71. The summed E-state index contributed by atoms with van der Waals surface area (Å²) in [5.74, 6) is 1.82. The van der Waals surface area contributed by atoms with Crippen molar-refractivity contribution in [2.24, 2.45) is 5.14 Å². The number of anilines is 1. The molecule has 0 unspecified atom stereocenters. The van der Waals surface area contributed by atoms with Crippen LogP contribution in [0.3, 0.4) is 0 Å². The number of ether oxygens (including phenoxy) is 3. The predicted molar refractivity (Wildman–Crippen MR) is 95.9 cm³/mol. The summed E-state index contributed by atoms with van der Waals surface area (Å²) in [6.45, 7) is 0. The number of fused-ring (bicyclic) bond motifs is 1. The molecule has 0 radical (unpaired) electrons. The van der Waals surface area contributed by atoms with Crippen LogP contribution in [0.25, 0.3) is 11.0 Å². The van der Waals surface area contributed by atoms with E-state index in [1.165, 1.54) is 25.4 Å². The number of aromatic nitrogens is 2. The third kappa shape index (κ3) is 4.10. The van der Waals surface area contributed by atoms with Crippen molar-refractivity contribution in [3.63, 3.8) is 0 Å². The van der Waals surface area contributed by atoms with E-state index in [1.807, 2.05) is 0 Å². The highest BCUT2D eigenvalue weighted by Crippen LogP contribution is 2.31. The van der Waals surface area contributed by atoms with Gasteiger partial charge >= 0.3 is 0 Å². The molecule has 136 valence electrons. The van der Waals surface area contributed by atoms with E-state index < -0.39 is 10.2 Å². The molecule has 0 saturated heterocycles. The zero-order chi connectivity index (χ0) is 18.7. The van der Waals surface area contributed by atoms with Crippen molar-refractivity contribution in [2.75, 3.05) is 18.9 Å². The van der Waals surface area contributed by atoms with Crippen LogP contribution in [-0.2, 0) is 10.2 Å². The molecule has 3 rings (SSSR count). The minimum atomic E-state index is -3.82. The molecule has 10 heteroatoms. The van der Waals surface area contributed by atoms with Crippen LogP contribution in [-0.4, -0.2) is 32.6 Å². The Kier molecular flexibility index (Phi) is 4.78. The Labute approximate surface area is 149 Å². The highest BCUT2D eigenvalue weighted by molar-refractivity contribution is 7.90. The van der Waals surface area contributed by atoms with Crippen LogP contribution in [0.4, 0.5) is 5.69 Å². The lowest BCUT2D eigenvalue weighted by Gasteiger charge is -2.10. The second kappa shape index (κ2) is 7.02. The second-order valence-electron chi connectivity index (χ2n) is 5.18. The molecular formula is C16H16N4O5S. The first kappa shape index (κ1) is 17.7. The smallest absolute Gasteiger partial charge is 0.296 e. The maximum absolute atomic E-state index is 11.0. The van der Waals surface area contributed by atoms with E-state index in [1.54, 1.807) is 31.4 Å². The zero-order valence-corrected chi connectivity index (χ0v) is 14.8. The summed E-state index contributed by atoms with van der Waals surface area (Å²) in [7, 11) is -0.740. The third-order valence-electron chi connectivity index (χ3n) is 3.36. The molecule has 2 aromatic carbocycles. The number of rotatable bonds is 6. The van der Waals surface area contributed by atoms with Crippen molar-refractivity contribution in [1.82, 2.24) is 9.97 Å². The lowest BCUT2D eigenvalue weighted by molar-refractivity contribution is 0.355. The molecule has 0 aliphatic heterocycles. The van der Waals surface area contributed by atoms with Crippen LogP contribution in [0, 0.1) is 0 Å². The predicted octanol–water partition coefficient (Wildman–Crippen LogP) is 2.05. The van der Waals surface area contributed by atoms with Gasteiger partial charge in [0, 0.05) is 17.8 Å². The SMILES string of the molecule is COc1cc2ncc(Oc3ccc(NS(N)(=O)=O)cc3)nc2cc1OC. The number of benzene rings is 2. The molecule has 1 aromatic heterocycles. The minimum Gasteiger partial charge on any atom is -0.493 e. The maximum atomic E-state index is 11.0. The quantitative estimate of drug-likeness (QED) is 0.674. The molecule has 3 N–H and O–H groups in total. The maximum Gasteiger partial charge on any atom is 0.296 e. The van der Waals surface area contributed by atoms with Gasteiger partial charge in [-0.05, 0) is 24.3 Å². The first-order chi connectivity index (χ1) is 12.4. The standard InChI is InChI=1S/C16H16N4O5S/c1-23-14-7-12-13(8-15(14)24-2)19-16(9-18-12)25-11-5-3-10(4-6-11)20-26(17,21)22/h3-9,20H,1-2H3,(H2,17,21,22). The van der Waals surface area contributed by atoms with Gasteiger partial charge in [-0.1, -0.05) is 0 Å². The molecule has 0 fully saturated rings. The summed E-state index contributed by atoms with van der Waals surface area (Å²) in [4.78, 5) is 8.68. The normalized spacial score (nSPS) is 11.2. The van der Waals surface area contributed by atoms with Gasteiger partial charge in [0.15, 0.2) is 11.5 Å². The first-order valence-corrected chi connectivity index (χ1v) is 8.90. The lowest BCUT2D eigenvalue weighted by atomic mass is 10.2. The van der Waals surface area contributed by atoms with Gasteiger partial charge in [0.1, 0.15) is 5.75 Å². The van der Waals surface area contributed by atoms with Crippen LogP contribution in [0.2, 0.25) is 0 Å². The molecule has 9 nitrogen and oxygen atoms in total. The number of nitrogens with two attached hydrogens (primary N) is 1. The van der Waals surface area contributed by atoms with Gasteiger partial charge in [0.25, 0.3) is 10.2 Å². The highest BCUT2D eigenvalue weighted by atomic mass is 32.2. The van der Waals surface area contributed by atoms with Crippen molar-refractivity contribution in [3.8, 4) is 23.1 Å². The van der Waals surface area contributed by atoms with Gasteiger partial charge in [-0.3, -0.25) is 4.72 Å². The Balaban J connectivity index is 1.84. The molecule has 0 aliphatic rings. The zero-order valence-electron chi connectivity index (χ0n) is 14.0. The van der Waals surface area contributed by atoms with Gasteiger partial charge in [0.2, 0.25) is 5.88 Å². The number of methoxy groups -OCH3 is 2. The van der Waals surface area contributed by atoms with E-state index in [0.29, 0.717) is 34.0 Å². The average molecular weight is 376 g/mol. The number of nitrogens with zero attached hydrogens (tertiary/aromatic N) is 2. The van der Waals surface area contributed by atoms with Gasteiger partial charge in [0.05, 0.1) is 31.4 Å². The van der Waals surface area contributed by atoms with E-state index in [2.05, 4.69) is 14.7 Å². The second-order valence-corrected chi connectivity index (χ2v) is 6.47. The van der Waals surface area contributed by atoms with Gasteiger partial charge in [-0.15, -0.1) is 0 Å². The molecular weight excluding hydrogens is 360 g/mol. The van der Waals surface area contributed by atoms with Crippen LogP contribution < -0.4 is 24.1 Å². The molecule has 0 spiro atoms. The monoisotopic (exact) mass is 376 g/mol. The molecule has 26 heavy (non-hydrogen) atoms. The molecule has 0 aliphatic carbocycles. The molecule has 0 bridgehead atoms. The molecule has 0 amide bonds. The van der Waals surface area contributed by atoms with Crippen LogP contribution in [0.1, 0.15) is 0 Å². The Bertz CT molecular complexity index is 1040. The van der Waals surface area contributed by atoms with E-state index in [9.17, 15) is 8.42 Å². The van der Waals surface area contributed by atoms with Crippen LogP contribution >= 0.6 is 0 Å². The fourth-order valence-electron chi connectivity index (χ4n) is 2.25. The summed E-state index contributed by atoms with van der Waals surface area (Å²) in [6, 6.07) is 9.61. The van der Waals surface area contributed by atoms with Crippen molar-refractivity contribution in [3.05, 3.63) is 42.6 Å². The number of hydrogen-bond acceptors (Lipinski definition) is 7. The Morgan fingerprint density at radius 3 is 2.19 bits per heavy atom. The largest absolute Gasteiger partial charge is 0.493 e. The first-order valence-electron chi connectivity index (χ1n) is 7.35. The minimum absolute atomic E-state index is 0.275. The van der Waals surface area contributed by atoms with Crippen molar-refractivity contribution >= 4 is 26.9 Å². The van der Waals surface area contributed by atoms with Crippen LogP contribution in [0.15, 0.2) is 42.6 Å². The summed E-state index contributed by atoms with van der Waals surface area (Å²) in [5, 5.41) is 4.92. The van der Waals surface area contributed by atoms with E-state index >= 15 is 0 Å². The van der Waals surface area contributed by atoms with Gasteiger partial charge in [-0.25, -0.2) is 15.1 Å². The summed E-state index contributed by atoms with van der Waals surface area (Å²) in [5.41, 5.74) is 1.52. The number of hydrogen-bond donors (Lipinski definition) is 2. The van der Waals surface area contributed by atoms with Crippen molar-refractivity contribution in [2.45, 2.75) is 0 Å². The number of nitrogens with one attached hydrogen (secondary N) is 1. The summed E-state index contributed by atoms with van der Waals surface area (Å²) < 4.78 is 40.3. The van der Waals surface area contributed by atoms with Crippen LogP contribution in [0.5, 0.6) is 23.1 Å². The van der Waals surface area contributed by atoms with E-state index in [0.717, 1.165) is 0 Å². The van der Waals surface area contributed by atoms with Gasteiger partial charge < -0.3 is 14.2 Å².